The lowest BCUT2D eigenvalue weighted by atomic mass is 9.98. The number of rotatable bonds is 6. The molecule has 0 saturated carbocycles. The molecule has 0 heterocycles. The topological polar surface area (TPSA) is 64.9 Å². The SMILES string of the molecule is Cc1cccc(C(C)C)c1NC(=O)/C(C#N)=C\Nc1ccc(C(C)C)cc1. The minimum absolute atomic E-state index is 0.0286. The average molecular weight is 361 g/mol. The highest BCUT2D eigenvalue weighted by Gasteiger charge is 2.15. The molecular weight excluding hydrogens is 334 g/mol. The van der Waals surface area contributed by atoms with Gasteiger partial charge < -0.3 is 10.6 Å². The van der Waals surface area contributed by atoms with Gasteiger partial charge in [-0.05, 0) is 47.6 Å². The highest BCUT2D eigenvalue weighted by molar-refractivity contribution is 6.07. The first-order valence-corrected chi connectivity index (χ1v) is 9.21. The van der Waals surface area contributed by atoms with Gasteiger partial charge in [0, 0.05) is 17.6 Å². The lowest BCUT2D eigenvalue weighted by molar-refractivity contribution is -0.112. The molecule has 0 aliphatic heterocycles. The molecule has 0 saturated heterocycles. The van der Waals surface area contributed by atoms with Crippen molar-refractivity contribution in [3.63, 3.8) is 0 Å². The van der Waals surface area contributed by atoms with Crippen molar-refractivity contribution in [1.82, 2.24) is 0 Å². The van der Waals surface area contributed by atoms with E-state index in [2.05, 4.69) is 38.3 Å². The van der Waals surface area contributed by atoms with E-state index in [1.807, 2.05) is 55.5 Å². The molecule has 0 unspecified atom stereocenters. The molecule has 2 aromatic rings. The van der Waals surface area contributed by atoms with Crippen molar-refractivity contribution in [3.8, 4) is 6.07 Å². The molecular formula is C23H27N3O. The smallest absolute Gasteiger partial charge is 0.267 e. The van der Waals surface area contributed by atoms with Gasteiger partial charge in [0.25, 0.3) is 5.91 Å². The minimum atomic E-state index is -0.417. The normalized spacial score (nSPS) is 11.4. The van der Waals surface area contributed by atoms with Crippen molar-refractivity contribution in [2.45, 2.75) is 46.5 Å². The van der Waals surface area contributed by atoms with Crippen LogP contribution in [-0.2, 0) is 4.79 Å². The summed E-state index contributed by atoms with van der Waals surface area (Å²) < 4.78 is 0. The van der Waals surface area contributed by atoms with E-state index in [1.54, 1.807) is 0 Å². The molecule has 1 amide bonds. The summed E-state index contributed by atoms with van der Waals surface area (Å²) in [5, 5.41) is 15.3. The Balaban J connectivity index is 2.17. The molecule has 27 heavy (non-hydrogen) atoms. The van der Waals surface area contributed by atoms with Crippen LogP contribution in [0.4, 0.5) is 11.4 Å². The molecule has 0 fully saturated rings. The first kappa shape index (κ1) is 20.3. The highest BCUT2D eigenvalue weighted by atomic mass is 16.1. The monoisotopic (exact) mass is 361 g/mol. The summed E-state index contributed by atoms with van der Waals surface area (Å²) >= 11 is 0. The number of benzene rings is 2. The van der Waals surface area contributed by atoms with Gasteiger partial charge in [0.15, 0.2) is 0 Å². The Morgan fingerprint density at radius 1 is 1.04 bits per heavy atom. The third kappa shape index (κ3) is 5.21. The standard InChI is InChI=1S/C23H27N3O/c1-15(2)18-9-11-20(12-10-18)25-14-19(13-24)23(27)26-22-17(5)7-6-8-21(22)16(3)4/h6-12,14-16,25H,1-5H3,(H,26,27)/b19-14-. The number of hydrogen-bond acceptors (Lipinski definition) is 3. The fourth-order valence-electron chi connectivity index (χ4n) is 2.79. The molecule has 4 heteroatoms. The van der Waals surface area contributed by atoms with Crippen LogP contribution < -0.4 is 10.6 Å². The van der Waals surface area contributed by atoms with Crippen LogP contribution in [0.15, 0.2) is 54.2 Å². The fourth-order valence-corrected chi connectivity index (χ4v) is 2.79. The lowest BCUT2D eigenvalue weighted by Crippen LogP contribution is -2.17. The van der Waals surface area contributed by atoms with Crippen LogP contribution in [0.1, 0.15) is 56.2 Å². The molecule has 0 atom stereocenters. The van der Waals surface area contributed by atoms with Gasteiger partial charge in [0.05, 0.1) is 0 Å². The summed E-state index contributed by atoms with van der Waals surface area (Å²) in [7, 11) is 0. The molecule has 0 radical (unpaired) electrons. The predicted octanol–water partition coefficient (Wildman–Crippen LogP) is 5.70. The van der Waals surface area contributed by atoms with Crippen molar-refractivity contribution in [2.24, 2.45) is 0 Å². The molecule has 4 nitrogen and oxygen atoms in total. The van der Waals surface area contributed by atoms with Crippen molar-refractivity contribution >= 4 is 17.3 Å². The maximum atomic E-state index is 12.6. The van der Waals surface area contributed by atoms with Crippen LogP contribution in [0.3, 0.4) is 0 Å². The molecule has 0 aliphatic rings. The summed E-state index contributed by atoms with van der Waals surface area (Å²) in [6, 6.07) is 15.9. The van der Waals surface area contributed by atoms with Crippen molar-refractivity contribution in [1.29, 1.82) is 5.26 Å². The third-order valence-electron chi connectivity index (χ3n) is 4.49. The van der Waals surface area contributed by atoms with Gasteiger partial charge >= 0.3 is 0 Å². The van der Waals surface area contributed by atoms with Crippen LogP contribution in [0, 0.1) is 18.3 Å². The Hall–Kier alpha value is -3.06. The van der Waals surface area contributed by atoms with E-state index in [-0.39, 0.29) is 11.5 Å². The van der Waals surface area contributed by atoms with Crippen LogP contribution in [0.25, 0.3) is 0 Å². The summed E-state index contributed by atoms with van der Waals surface area (Å²) in [6.07, 6.45) is 1.45. The Kier molecular flexibility index (Phi) is 6.79. The number of carbonyl (C=O) groups excluding carboxylic acids is 1. The van der Waals surface area contributed by atoms with Gasteiger partial charge in [-0.15, -0.1) is 0 Å². The van der Waals surface area contributed by atoms with Crippen molar-refractivity contribution in [3.05, 3.63) is 70.9 Å². The molecule has 0 spiro atoms. The number of nitriles is 1. The maximum absolute atomic E-state index is 12.6. The van der Waals surface area contributed by atoms with E-state index in [0.29, 0.717) is 5.92 Å². The Bertz CT molecular complexity index is 871. The number of anilines is 2. The van der Waals surface area contributed by atoms with E-state index in [4.69, 9.17) is 0 Å². The molecule has 0 aliphatic carbocycles. The number of aryl methyl sites for hydroxylation is 1. The Morgan fingerprint density at radius 3 is 2.26 bits per heavy atom. The van der Waals surface area contributed by atoms with E-state index >= 15 is 0 Å². The van der Waals surface area contributed by atoms with E-state index < -0.39 is 5.91 Å². The molecule has 2 aromatic carbocycles. The van der Waals surface area contributed by atoms with Gasteiger partial charge in [-0.3, -0.25) is 4.79 Å². The first-order valence-electron chi connectivity index (χ1n) is 9.21. The predicted molar refractivity (Wildman–Crippen MR) is 112 cm³/mol. The van der Waals surface area contributed by atoms with Crippen LogP contribution in [-0.4, -0.2) is 5.91 Å². The van der Waals surface area contributed by atoms with E-state index in [1.165, 1.54) is 11.8 Å². The van der Waals surface area contributed by atoms with Gasteiger partial charge in [-0.25, -0.2) is 0 Å². The minimum Gasteiger partial charge on any atom is -0.360 e. The second-order valence-corrected chi connectivity index (χ2v) is 7.24. The fraction of sp³-hybridized carbons (Fsp3) is 0.304. The first-order chi connectivity index (χ1) is 12.8. The molecule has 0 bridgehead atoms. The second kappa shape index (κ2) is 9.05. The maximum Gasteiger partial charge on any atom is 0.267 e. The van der Waals surface area contributed by atoms with Gasteiger partial charge in [-0.2, -0.15) is 5.26 Å². The number of amides is 1. The molecule has 0 aromatic heterocycles. The van der Waals surface area contributed by atoms with Crippen molar-refractivity contribution in [2.75, 3.05) is 10.6 Å². The zero-order chi connectivity index (χ0) is 20.0. The highest BCUT2D eigenvalue weighted by Crippen LogP contribution is 2.27. The summed E-state index contributed by atoms with van der Waals surface area (Å²) in [5.41, 5.74) is 4.91. The summed E-state index contributed by atoms with van der Waals surface area (Å²) in [6.45, 7) is 10.4. The lowest BCUT2D eigenvalue weighted by Gasteiger charge is -2.16. The zero-order valence-corrected chi connectivity index (χ0v) is 16.6. The van der Waals surface area contributed by atoms with Gasteiger partial charge in [-0.1, -0.05) is 58.0 Å². The largest absolute Gasteiger partial charge is 0.360 e. The number of nitrogens with one attached hydrogen (secondary N) is 2. The Morgan fingerprint density at radius 2 is 1.70 bits per heavy atom. The Labute approximate surface area is 161 Å². The number of nitrogens with zero attached hydrogens (tertiary/aromatic N) is 1. The van der Waals surface area contributed by atoms with Gasteiger partial charge in [0.1, 0.15) is 11.6 Å². The third-order valence-corrected chi connectivity index (χ3v) is 4.49. The molecule has 140 valence electrons. The average Bonchev–Trinajstić information content (AvgIpc) is 2.64. The van der Waals surface area contributed by atoms with Gasteiger partial charge in [0.2, 0.25) is 0 Å². The van der Waals surface area contributed by atoms with E-state index in [9.17, 15) is 10.1 Å². The number of hydrogen-bond donors (Lipinski definition) is 2. The van der Waals surface area contributed by atoms with Crippen LogP contribution in [0.2, 0.25) is 0 Å². The quantitative estimate of drug-likeness (QED) is 0.512. The number of para-hydroxylation sites is 1. The zero-order valence-electron chi connectivity index (χ0n) is 16.6. The van der Waals surface area contributed by atoms with Crippen LogP contribution in [0.5, 0.6) is 0 Å². The van der Waals surface area contributed by atoms with Crippen molar-refractivity contribution < 1.29 is 4.79 Å². The summed E-state index contributed by atoms with van der Waals surface area (Å²) in [5.74, 6) is 0.312. The molecule has 2 rings (SSSR count). The second-order valence-electron chi connectivity index (χ2n) is 7.24. The summed E-state index contributed by atoms with van der Waals surface area (Å²) in [4.78, 5) is 12.6. The van der Waals surface area contributed by atoms with E-state index in [0.717, 1.165) is 22.5 Å². The molecule has 2 N–H and O–H groups in total. The van der Waals surface area contributed by atoms with Crippen LogP contribution >= 0.6 is 0 Å². The number of carbonyl (C=O) groups is 1.